The molecule has 2 aliphatic rings. The lowest BCUT2D eigenvalue weighted by Gasteiger charge is -2.31. The molecular weight excluding hydrogens is 406 g/mol. The molecule has 2 N–H and O–H groups in total. The Morgan fingerprint density at radius 2 is 1.83 bits per heavy atom. The molecule has 3 rings (SSSR count). The van der Waals surface area contributed by atoms with Crippen molar-refractivity contribution in [1.29, 1.82) is 0 Å². The summed E-state index contributed by atoms with van der Waals surface area (Å²) in [6.45, 7) is 5.31. The second-order valence-corrected chi connectivity index (χ2v) is 10.0. The Hall–Kier alpha value is -1.97. The molecule has 2 aliphatic heterocycles. The van der Waals surface area contributed by atoms with Gasteiger partial charge in [-0.1, -0.05) is 17.7 Å². The molecule has 8 nitrogen and oxygen atoms in total. The molecule has 0 spiro atoms. The summed E-state index contributed by atoms with van der Waals surface area (Å²) in [7, 11) is -3.55. The largest absolute Gasteiger partial charge is 0.376 e. The van der Waals surface area contributed by atoms with Crippen LogP contribution in [0.4, 0.5) is 0 Å². The predicted octanol–water partition coefficient (Wildman–Crippen LogP) is 1.20. The smallest absolute Gasteiger partial charge is 0.243 e. The fraction of sp³-hybridized carbons (Fsp3) is 0.619. The van der Waals surface area contributed by atoms with Gasteiger partial charge in [0.15, 0.2) is 0 Å². The standard InChI is InChI=1S/C21H31N3O5S/c1-15-5-7-19(8-6-15)30(27,28)24-11-9-17(10-12-24)21(26)23-16(2)20(25)22-14-18-4-3-13-29-18/h5-8,16-18H,3-4,9-14H2,1-2H3,(H,22,25)(H,23,26)/t16-,18-/m1/s1. The molecule has 2 saturated heterocycles. The van der Waals surface area contributed by atoms with Crippen LogP contribution in [-0.4, -0.2) is 62.9 Å². The van der Waals surface area contributed by atoms with Crippen LogP contribution in [0, 0.1) is 12.8 Å². The van der Waals surface area contributed by atoms with E-state index in [0.717, 1.165) is 25.0 Å². The number of sulfonamides is 1. The van der Waals surface area contributed by atoms with Crippen molar-refractivity contribution in [2.75, 3.05) is 26.2 Å². The average Bonchev–Trinajstić information content (AvgIpc) is 3.26. The van der Waals surface area contributed by atoms with E-state index >= 15 is 0 Å². The maximum atomic E-state index is 12.8. The zero-order valence-electron chi connectivity index (χ0n) is 17.6. The Kier molecular flexibility index (Phi) is 7.49. The van der Waals surface area contributed by atoms with Crippen LogP contribution in [0.25, 0.3) is 0 Å². The summed E-state index contributed by atoms with van der Waals surface area (Å²) in [6.07, 6.45) is 2.86. The number of ether oxygens (including phenoxy) is 1. The van der Waals surface area contributed by atoms with Gasteiger partial charge in [-0.3, -0.25) is 9.59 Å². The molecule has 0 aliphatic carbocycles. The number of hydrogen-bond acceptors (Lipinski definition) is 5. The van der Waals surface area contributed by atoms with Crippen molar-refractivity contribution in [2.45, 2.75) is 56.6 Å². The van der Waals surface area contributed by atoms with Crippen LogP contribution in [0.5, 0.6) is 0 Å². The molecule has 166 valence electrons. The number of carbonyl (C=O) groups is 2. The number of amides is 2. The number of hydrogen-bond donors (Lipinski definition) is 2. The quantitative estimate of drug-likeness (QED) is 0.667. The van der Waals surface area contributed by atoms with Crippen LogP contribution in [0.2, 0.25) is 0 Å². The monoisotopic (exact) mass is 437 g/mol. The first kappa shape index (κ1) is 22.7. The van der Waals surface area contributed by atoms with E-state index in [1.807, 2.05) is 6.92 Å². The maximum Gasteiger partial charge on any atom is 0.243 e. The Balaban J connectivity index is 1.46. The molecule has 0 aromatic heterocycles. The SMILES string of the molecule is Cc1ccc(S(=O)(=O)N2CCC(C(=O)N[C@H](C)C(=O)NC[C@H]3CCCO3)CC2)cc1. The van der Waals surface area contributed by atoms with E-state index in [2.05, 4.69) is 10.6 Å². The molecule has 0 unspecified atom stereocenters. The summed E-state index contributed by atoms with van der Waals surface area (Å²) in [5, 5.41) is 5.57. The third-order valence-corrected chi connectivity index (χ3v) is 7.68. The number of carbonyl (C=O) groups excluding carboxylic acids is 2. The Bertz CT molecular complexity index is 842. The van der Waals surface area contributed by atoms with Crippen molar-refractivity contribution in [1.82, 2.24) is 14.9 Å². The van der Waals surface area contributed by atoms with Crippen LogP contribution in [0.1, 0.15) is 38.2 Å². The zero-order valence-corrected chi connectivity index (χ0v) is 18.4. The van der Waals surface area contributed by atoms with Gasteiger partial charge in [-0.2, -0.15) is 4.31 Å². The number of nitrogens with zero attached hydrogens (tertiary/aromatic N) is 1. The molecule has 9 heteroatoms. The second-order valence-electron chi connectivity index (χ2n) is 8.10. The van der Waals surface area contributed by atoms with Crippen LogP contribution in [-0.2, 0) is 24.3 Å². The van der Waals surface area contributed by atoms with E-state index < -0.39 is 16.1 Å². The lowest BCUT2D eigenvalue weighted by molar-refractivity contribution is -0.131. The molecule has 1 aromatic rings. The summed E-state index contributed by atoms with van der Waals surface area (Å²) in [5.41, 5.74) is 0.998. The summed E-state index contributed by atoms with van der Waals surface area (Å²) < 4.78 is 32.5. The average molecular weight is 438 g/mol. The van der Waals surface area contributed by atoms with Gasteiger partial charge in [0.1, 0.15) is 6.04 Å². The van der Waals surface area contributed by atoms with Crippen molar-refractivity contribution < 1.29 is 22.7 Å². The Labute approximate surface area is 178 Å². The first-order chi connectivity index (χ1) is 14.3. The molecule has 2 fully saturated rings. The summed E-state index contributed by atoms with van der Waals surface area (Å²) in [6, 6.07) is 6.13. The Morgan fingerprint density at radius 1 is 1.17 bits per heavy atom. The van der Waals surface area contributed by atoms with Gasteiger partial charge in [0.25, 0.3) is 0 Å². The number of aryl methyl sites for hydroxylation is 1. The Morgan fingerprint density at radius 3 is 2.43 bits per heavy atom. The van der Waals surface area contributed by atoms with Gasteiger partial charge in [0.2, 0.25) is 21.8 Å². The van der Waals surface area contributed by atoms with E-state index in [9.17, 15) is 18.0 Å². The number of nitrogens with one attached hydrogen (secondary N) is 2. The zero-order chi connectivity index (χ0) is 21.7. The topological polar surface area (TPSA) is 105 Å². The van der Waals surface area contributed by atoms with E-state index in [1.54, 1.807) is 31.2 Å². The molecule has 0 radical (unpaired) electrons. The van der Waals surface area contributed by atoms with Crippen molar-refractivity contribution in [3.8, 4) is 0 Å². The van der Waals surface area contributed by atoms with Gasteiger partial charge in [-0.25, -0.2) is 8.42 Å². The van der Waals surface area contributed by atoms with Crippen molar-refractivity contribution >= 4 is 21.8 Å². The normalized spacial score (nSPS) is 21.9. The van der Waals surface area contributed by atoms with Gasteiger partial charge in [0, 0.05) is 32.2 Å². The lowest BCUT2D eigenvalue weighted by atomic mass is 9.97. The fourth-order valence-corrected chi connectivity index (χ4v) is 5.26. The minimum atomic E-state index is -3.55. The van der Waals surface area contributed by atoms with Crippen LogP contribution >= 0.6 is 0 Å². The third-order valence-electron chi connectivity index (χ3n) is 5.76. The van der Waals surface area contributed by atoms with Crippen LogP contribution < -0.4 is 10.6 Å². The van der Waals surface area contributed by atoms with Crippen molar-refractivity contribution in [3.05, 3.63) is 29.8 Å². The maximum absolute atomic E-state index is 12.8. The van der Waals surface area contributed by atoms with E-state index in [1.165, 1.54) is 4.31 Å². The minimum Gasteiger partial charge on any atom is -0.376 e. The summed E-state index contributed by atoms with van der Waals surface area (Å²) >= 11 is 0. The molecular formula is C21H31N3O5S. The van der Waals surface area contributed by atoms with Gasteiger partial charge in [-0.05, 0) is 51.7 Å². The van der Waals surface area contributed by atoms with Gasteiger partial charge < -0.3 is 15.4 Å². The highest BCUT2D eigenvalue weighted by atomic mass is 32.2. The van der Waals surface area contributed by atoms with Crippen molar-refractivity contribution in [3.63, 3.8) is 0 Å². The number of piperidine rings is 1. The minimum absolute atomic E-state index is 0.0525. The first-order valence-electron chi connectivity index (χ1n) is 10.5. The van der Waals surface area contributed by atoms with E-state index in [4.69, 9.17) is 4.74 Å². The van der Waals surface area contributed by atoms with Gasteiger partial charge in [-0.15, -0.1) is 0 Å². The molecule has 2 atom stereocenters. The summed E-state index contributed by atoms with van der Waals surface area (Å²) in [5.74, 6) is -0.747. The fourth-order valence-electron chi connectivity index (χ4n) is 3.79. The predicted molar refractivity (Wildman–Crippen MR) is 112 cm³/mol. The molecule has 30 heavy (non-hydrogen) atoms. The highest BCUT2D eigenvalue weighted by Crippen LogP contribution is 2.24. The highest BCUT2D eigenvalue weighted by molar-refractivity contribution is 7.89. The third kappa shape index (κ3) is 5.59. The number of benzene rings is 1. The second kappa shape index (κ2) is 9.89. The molecule has 2 amide bonds. The summed E-state index contributed by atoms with van der Waals surface area (Å²) in [4.78, 5) is 25.0. The van der Waals surface area contributed by atoms with Crippen LogP contribution in [0.3, 0.4) is 0 Å². The van der Waals surface area contributed by atoms with Crippen LogP contribution in [0.15, 0.2) is 29.2 Å². The van der Waals surface area contributed by atoms with E-state index in [0.29, 0.717) is 19.4 Å². The molecule has 2 heterocycles. The highest BCUT2D eigenvalue weighted by Gasteiger charge is 2.33. The molecule has 1 aromatic carbocycles. The molecule has 0 saturated carbocycles. The molecule has 0 bridgehead atoms. The number of rotatable bonds is 7. The van der Waals surface area contributed by atoms with E-state index in [-0.39, 0.29) is 41.8 Å². The first-order valence-corrected chi connectivity index (χ1v) is 12.0. The lowest BCUT2D eigenvalue weighted by Crippen LogP contribution is -2.50. The van der Waals surface area contributed by atoms with Gasteiger partial charge >= 0.3 is 0 Å². The van der Waals surface area contributed by atoms with Crippen molar-refractivity contribution in [2.24, 2.45) is 5.92 Å². The van der Waals surface area contributed by atoms with Gasteiger partial charge in [0.05, 0.1) is 11.0 Å².